The van der Waals surface area contributed by atoms with Crippen LogP contribution in [-0.4, -0.2) is 38.6 Å². The summed E-state index contributed by atoms with van der Waals surface area (Å²) in [5.74, 6) is 0. The van der Waals surface area contributed by atoms with Gasteiger partial charge < -0.3 is 10.0 Å². The third kappa shape index (κ3) is 2.58. The molecule has 0 saturated heterocycles. The van der Waals surface area contributed by atoms with Crippen molar-refractivity contribution in [3.05, 3.63) is 34.0 Å². The lowest BCUT2D eigenvalue weighted by Gasteiger charge is -2.23. The second-order valence-electron chi connectivity index (χ2n) is 4.96. The van der Waals surface area contributed by atoms with Crippen LogP contribution < -0.4 is 0 Å². The summed E-state index contributed by atoms with van der Waals surface area (Å²) in [6.45, 7) is 0.742. The van der Waals surface area contributed by atoms with Gasteiger partial charge >= 0.3 is 6.09 Å². The number of rotatable bonds is 2. The van der Waals surface area contributed by atoms with Crippen molar-refractivity contribution in [1.29, 1.82) is 5.26 Å². The van der Waals surface area contributed by atoms with E-state index in [2.05, 4.69) is 16.2 Å². The van der Waals surface area contributed by atoms with Crippen molar-refractivity contribution in [1.82, 2.24) is 14.7 Å². The maximum Gasteiger partial charge on any atom is 0.407 e. The highest BCUT2D eigenvalue weighted by atomic mass is 32.1. The monoisotopic (exact) mass is 315 g/mol. The maximum atomic E-state index is 11.1. The molecule has 7 nitrogen and oxygen atoms in total. The molecule has 0 atom stereocenters. The number of aliphatic imine (C=N–C) groups is 1. The fourth-order valence-corrected chi connectivity index (χ4v) is 3.56. The predicted octanol–water partition coefficient (Wildman–Crippen LogP) is 2.14. The van der Waals surface area contributed by atoms with E-state index in [1.807, 2.05) is 13.2 Å². The van der Waals surface area contributed by atoms with E-state index in [9.17, 15) is 10.1 Å². The molecule has 0 aromatic carbocycles. The van der Waals surface area contributed by atoms with Gasteiger partial charge in [-0.15, -0.1) is 11.3 Å². The summed E-state index contributed by atoms with van der Waals surface area (Å²) in [4.78, 5) is 17.7. The zero-order chi connectivity index (χ0) is 15.7. The largest absolute Gasteiger partial charge is 0.465 e. The molecule has 0 saturated carbocycles. The first kappa shape index (κ1) is 14.3. The first-order chi connectivity index (χ1) is 10.6. The third-order valence-corrected chi connectivity index (χ3v) is 4.60. The SMILES string of the molecule is Cn1cc(/C=N/c2sc3c(c2C#N)CCN(C(=O)O)C3)cn1. The van der Waals surface area contributed by atoms with E-state index in [4.69, 9.17) is 5.11 Å². The molecule has 22 heavy (non-hydrogen) atoms. The molecule has 3 rings (SSSR count). The Hall–Kier alpha value is -2.66. The van der Waals surface area contributed by atoms with Crippen LogP contribution in [0.2, 0.25) is 0 Å². The molecule has 1 amide bonds. The number of aromatic nitrogens is 2. The summed E-state index contributed by atoms with van der Waals surface area (Å²) >= 11 is 1.38. The van der Waals surface area contributed by atoms with Crippen molar-refractivity contribution in [3.63, 3.8) is 0 Å². The van der Waals surface area contributed by atoms with Crippen molar-refractivity contribution in [2.24, 2.45) is 12.0 Å². The number of aryl methyl sites for hydroxylation is 1. The van der Waals surface area contributed by atoms with Gasteiger partial charge in [0.15, 0.2) is 0 Å². The van der Waals surface area contributed by atoms with Crippen molar-refractivity contribution >= 4 is 28.6 Å². The highest BCUT2D eigenvalue weighted by Gasteiger charge is 2.26. The Morgan fingerprint density at radius 2 is 2.45 bits per heavy atom. The van der Waals surface area contributed by atoms with Crippen LogP contribution >= 0.6 is 11.3 Å². The van der Waals surface area contributed by atoms with Crippen LogP contribution in [0.25, 0.3) is 0 Å². The molecule has 0 unspecified atom stereocenters. The van der Waals surface area contributed by atoms with Gasteiger partial charge in [-0.05, 0) is 12.0 Å². The van der Waals surface area contributed by atoms with Crippen LogP contribution in [0.5, 0.6) is 0 Å². The molecule has 2 aromatic heterocycles. The van der Waals surface area contributed by atoms with Gasteiger partial charge in [0.2, 0.25) is 0 Å². The average molecular weight is 315 g/mol. The van der Waals surface area contributed by atoms with Gasteiger partial charge in [-0.2, -0.15) is 10.4 Å². The molecular weight excluding hydrogens is 302 g/mol. The zero-order valence-corrected chi connectivity index (χ0v) is 12.7. The molecule has 112 valence electrons. The lowest BCUT2D eigenvalue weighted by atomic mass is 10.0. The molecule has 1 N–H and O–H groups in total. The number of amides is 1. The Labute approximate surface area is 130 Å². The quantitative estimate of drug-likeness (QED) is 0.859. The molecule has 0 radical (unpaired) electrons. The van der Waals surface area contributed by atoms with Gasteiger partial charge in [0, 0.05) is 36.4 Å². The van der Waals surface area contributed by atoms with Crippen molar-refractivity contribution in [3.8, 4) is 6.07 Å². The molecule has 8 heteroatoms. The predicted molar refractivity (Wildman–Crippen MR) is 81.6 cm³/mol. The first-order valence-corrected chi connectivity index (χ1v) is 7.45. The van der Waals surface area contributed by atoms with Gasteiger partial charge in [-0.25, -0.2) is 9.79 Å². The van der Waals surface area contributed by atoms with Crippen molar-refractivity contribution in [2.75, 3.05) is 6.54 Å². The number of hydrogen-bond donors (Lipinski definition) is 1. The van der Waals surface area contributed by atoms with Crippen LogP contribution in [-0.2, 0) is 20.0 Å². The fourth-order valence-electron chi connectivity index (χ4n) is 2.40. The minimum Gasteiger partial charge on any atom is -0.465 e. The van der Waals surface area contributed by atoms with Gasteiger partial charge in [0.05, 0.1) is 18.3 Å². The topological polar surface area (TPSA) is 94.5 Å². The molecule has 3 heterocycles. The Morgan fingerprint density at radius 3 is 3.09 bits per heavy atom. The van der Waals surface area contributed by atoms with Gasteiger partial charge in [0.1, 0.15) is 11.1 Å². The van der Waals surface area contributed by atoms with E-state index in [1.165, 1.54) is 16.2 Å². The second-order valence-corrected chi connectivity index (χ2v) is 6.04. The van der Waals surface area contributed by atoms with Crippen molar-refractivity contribution in [2.45, 2.75) is 13.0 Å². The number of hydrogen-bond acceptors (Lipinski definition) is 5. The molecule has 0 aliphatic carbocycles. The van der Waals surface area contributed by atoms with Gasteiger partial charge in [-0.1, -0.05) is 0 Å². The summed E-state index contributed by atoms with van der Waals surface area (Å²) in [6, 6.07) is 2.20. The van der Waals surface area contributed by atoms with E-state index < -0.39 is 6.09 Å². The van der Waals surface area contributed by atoms with Gasteiger partial charge in [0.25, 0.3) is 0 Å². The Bertz CT molecular complexity index is 799. The van der Waals surface area contributed by atoms with E-state index in [-0.39, 0.29) is 0 Å². The summed E-state index contributed by atoms with van der Waals surface area (Å²) in [7, 11) is 1.82. The second kappa shape index (κ2) is 5.61. The number of nitrogens with zero attached hydrogens (tertiary/aromatic N) is 5. The number of carboxylic acid groups (broad SMARTS) is 1. The van der Waals surface area contributed by atoms with E-state index in [0.717, 1.165) is 16.0 Å². The lowest BCUT2D eigenvalue weighted by Crippen LogP contribution is -2.34. The van der Waals surface area contributed by atoms with Crippen LogP contribution in [0.3, 0.4) is 0 Å². The summed E-state index contributed by atoms with van der Waals surface area (Å²) < 4.78 is 1.68. The maximum absolute atomic E-state index is 11.1. The minimum absolute atomic E-state index is 0.326. The van der Waals surface area contributed by atoms with E-state index in [0.29, 0.717) is 30.1 Å². The van der Waals surface area contributed by atoms with E-state index >= 15 is 0 Å². The van der Waals surface area contributed by atoms with Gasteiger partial charge in [-0.3, -0.25) is 4.68 Å². The molecule has 0 bridgehead atoms. The smallest absolute Gasteiger partial charge is 0.407 e. The number of fused-ring (bicyclic) bond motifs is 1. The Kier molecular flexibility index (Phi) is 3.65. The number of thiophene rings is 1. The van der Waals surface area contributed by atoms with Crippen LogP contribution in [0, 0.1) is 11.3 Å². The Balaban J connectivity index is 1.92. The Morgan fingerprint density at radius 1 is 1.64 bits per heavy atom. The minimum atomic E-state index is -0.932. The highest BCUT2D eigenvalue weighted by molar-refractivity contribution is 7.16. The molecule has 1 aliphatic heterocycles. The zero-order valence-electron chi connectivity index (χ0n) is 11.9. The first-order valence-electron chi connectivity index (χ1n) is 6.63. The molecule has 1 aliphatic rings. The van der Waals surface area contributed by atoms with Crippen LogP contribution in [0.15, 0.2) is 17.4 Å². The van der Waals surface area contributed by atoms with Crippen molar-refractivity contribution < 1.29 is 9.90 Å². The average Bonchev–Trinajstić information content (AvgIpc) is 3.06. The lowest BCUT2D eigenvalue weighted by molar-refractivity contribution is 0.140. The molecular formula is C14H13N5O2S. The van der Waals surface area contributed by atoms with Crippen LogP contribution in [0.4, 0.5) is 9.80 Å². The summed E-state index contributed by atoms with van der Waals surface area (Å²) in [6.07, 6.45) is 4.81. The summed E-state index contributed by atoms with van der Waals surface area (Å²) in [5, 5.41) is 23.1. The molecule has 2 aromatic rings. The van der Waals surface area contributed by atoms with E-state index in [1.54, 1.807) is 17.1 Å². The standard InChI is InChI=1S/C14H13N5O2S/c1-18-7-9(6-17-18)5-16-13-11(4-15)10-2-3-19(14(20)21)8-12(10)22-13/h5-7H,2-3,8H2,1H3,(H,20,21)/b16-5+. The van der Waals surface area contributed by atoms with Crippen LogP contribution in [0.1, 0.15) is 21.6 Å². The molecule has 0 spiro atoms. The fraction of sp³-hybridized carbons (Fsp3) is 0.286. The highest BCUT2D eigenvalue weighted by Crippen LogP contribution is 2.38. The summed E-state index contributed by atoms with van der Waals surface area (Å²) in [5.41, 5.74) is 2.35. The molecule has 0 fully saturated rings. The number of nitriles is 1. The normalized spacial score (nSPS) is 14.1. The number of carbonyl (C=O) groups is 1. The third-order valence-electron chi connectivity index (χ3n) is 3.48.